The van der Waals surface area contributed by atoms with E-state index in [9.17, 15) is 14.4 Å². The van der Waals surface area contributed by atoms with Crippen molar-refractivity contribution in [1.29, 1.82) is 0 Å². The summed E-state index contributed by atoms with van der Waals surface area (Å²) in [5.41, 5.74) is 0. The van der Waals surface area contributed by atoms with Crippen LogP contribution in [0, 0.1) is 0 Å². The molecule has 18 heavy (non-hydrogen) atoms. The van der Waals surface area contributed by atoms with Gasteiger partial charge in [0.25, 0.3) is 0 Å². The van der Waals surface area contributed by atoms with Crippen molar-refractivity contribution >= 4 is 17.9 Å². The third kappa shape index (κ3) is 3.33. The molecular weight excluding hydrogens is 242 g/mol. The zero-order chi connectivity index (χ0) is 13.7. The number of carbonyl (C=O) groups is 3. The maximum absolute atomic E-state index is 11.9. The van der Waals surface area contributed by atoms with Gasteiger partial charge in [-0.1, -0.05) is 0 Å². The van der Waals surface area contributed by atoms with Crippen molar-refractivity contribution in [3.8, 4) is 0 Å². The summed E-state index contributed by atoms with van der Waals surface area (Å²) in [6.45, 7) is 1.94. The molecule has 8 nitrogen and oxygen atoms in total. The summed E-state index contributed by atoms with van der Waals surface area (Å²) in [4.78, 5) is 35.2. The topological polar surface area (TPSA) is 108 Å². The van der Waals surface area contributed by atoms with E-state index in [1.54, 1.807) is 0 Å². The van der Waals surface area contributed by atoms with Crippen LogP contribution in [0.15, 0.2) is 0 Å². The van der Waals surface area contributed by atoms with E-state index in [4.69, 9.17) is 9.84 Å². The lowest BCUT2D eigenvalue weighted by molar-refractivity contribution is -0.147. The first kappa shape index (κ1) is 14.2. The van der Waals surface area contributed by atoms with Crippen LogP contribution in [-0.4, -0.2) is 66.8 Å². The Labute approximate surface area is 104 Å². The van der Waals surface area contributed by atoms with Gasteiger partial charge in [-0.15, -0.1) is 0 Å². The lowest BCUT2D eigenvalue weighted by Gasteiger charge is -2.33. The van der Waals surface area contributed by atoms with E-state index >= 15 is 0 Å². The molecular formula is C10H17N3O5. The van der Waals surface area contributed by atoms with E-state index in [0.29, 0.717) is 0 Å². The van der Waals surface area contributed by atoms with Crippen LogP contribution in [0.1, 0.15) is 6.92 Å². The van der Waals surface area contributed by atoms with Gasteiger partial charge in [0, 0.05) is 13.6 Å². The number of amides is 3. The quantitative estimate of drug-likeness (QED) is 0.578. The smallest absolute Gasteiger partial charge is 0.328 e. The highest BCUT2D eigenvalue weighted by Gasteiger charge is 2.33. The fourth-order valence-electron chi connectivity index (χ4n) is 1.60. The molecule has 1 fully saturated rings. The van der Waals surface area contributed by atoms with Crippen LogP contribution in [0.2, 0.25) is 0 Å². The number of ether oxygens (including phenoxy) is 1. The van der Waals surface area contributed by atoms with Gasteiger partial charge in [-0.05, 0) is 6.92 Å². The number of carboxylic acids is 1. The number of rotatable bonds is 3. The van der Waals surface area contributed by atoms with Gasteiger partial charge in [-0.3, -0.25) is 4.79 Å². The van der Waals surface area contributed by atoms with E-state index in [2.05, 4.69) is 10.6 Å². The first-order valence-corrected chi connectivity index (χ1v) is 5.56. The molecule has 0 aromatic carbocycles. The molecule has 0 radical (unpaired) electrons. The number of carboxylic acid groups (broad SMARTS) is 1. The third-order valence-corrected chi connectivity index (χ3v) is 2.65. The van der Waals surface area contributed by atoms with E-state index < -0.39 is 24.1 Å². The number of carbonyl (C=O) groups excluding carboxylic acids is 2. The van der Waals surface area contributed by atoms with Crippen molar-refractivity contribution in [2.45, 2.75) is 19.0 Å². The van der Waals surface area contributed by atoms with E-state index in [0.717, 1.165) is 4.90 Å². The number of hydrogen-bond donors (Lipinski definition) is 3. The van der Waals surface area contributed by atoms with Gasteiger partial charge in [-0.2, -0.15) is 0 Å². The number of urea groups is 1. The lowest BCUT2D eigenvalue weighted by atomic mass is 10.2. The zero-order valence-electron chi connectivity index (χ0n) is 10.3. The highest BCUT2D eigenvalue weighted by Crippen LogP contribution is 2.07. The SMILES string of the molecule is CNC(=O)C(C)NC(=O)N1CCOCC1C(=O)O. The van der Waals surface area contributed by atoms with Crippen LogP contribution in [0.4, 0.5) is 4.79 Å². The number of nitrogens with zero attached hydrogens (tertiary/aromatic N) is 1. The lowest BCUT2D eigenvalue weighted by Crippen LogP contribution is -2.58. The summed E-state index contributed by atoms with van der Waals surface area (Å²) >= 11 is 0. The summed E-state index contributed by atoms with van der Waals surface area (Å²) in [6, 6.07) is -2.32. The first-order chi connectivity index (χ1) is 8.47. The number of aliphatic carboxylic acids is 1. The molecule has 1 heterocycles. The van der Waals surface area contributed by atoms with E-state index in [1.807, 2.05) is 0 Å². The average molecular weight is 259 g/mol. The second-order valence-electron chi connectivity index (χ2n) is 3.91. The van der Waals surface area contributed by atoms with Crippen LogP contribution in [-0.2, 0) is 14.3 Å². The summed E-state index contributed by atoms with van der Waals surface area (Å²) in [7, 11) is 1.46. The molecule has 1 aliphatic rings. The van der Waals surface area contributed by atoms with E-state index in [-0.39, 0.29) is 25.7 Å². The van der Waals surface area contributed by atoms with Crippen molar-refractivity contribution in [3.63, 3.8) is 0 Å². The van der Waals surface area contributed by atoms with Gasteiger partial charge in [0.15, 0.2) is 6.04 Å². The van der Waals surface area contributed by atoms with Crippen molar-refractivity contribution in [1.82, 2.24) is 15.5 Å². The number of morpholine rings is 1. The number of hydrogen-bond acceptors (Lipinski definition) is 4. The molecule has 1 aliphatic heterocycles. The standard InChI is InChI=1S/C10H17N3O5/c1-6(8(14)11-2)12-10(17)13-3-4-18-5-7(13)9(15)16/h6-7H,3-5H2,1-2H3,(H,11,14)(H,12,17)(H,15,16). The predicted octanol–water partition coefficient (Wildman–Crippen LogP) is -1.38. The first-order valence-electron chi connectivity index (χ1n) is 5.56. The molecule has 0 bridgehead atoms. The summed E-state index contributed by atoms with van der Waals surface area (Å²) in [5.74, 6) is -1.47. The molecule has 0 aromatic heterocycles. The Hall–Kier alpha value is -1.83. The van der Waals surface area contributed by atoms with Crippen LogP contribution >= 0.6 is 0 Å². The zero-order valence-corrected chi connectivity index (χ0v) is 10.3. The summed E-state index contributed by atoms with van der Waals surface area (Å²) in [6.07, 6.45) is 0. The van der Waals surface area contributed by atoms with Gasteiger partial charge < -0.3 is 25.4 Å². The second-order valence-corrected chi connectivity index (χ2v) is 3.91. The fraction of sp³-hybridized carbons (Fsp3) is 0.700. The Morgan fingerprint density at radius 1 is 1.44 bits per heavy atom. The predicted molar refractivity (Wildman–Crippen MR) is 61.0 cm³/mol. The molecule has 0 aliphatic carbocycles. The maximum atomic E-state index is 11.9. The van der Waals surface area contributed by atoms with Crippen LogP contribution in [0.25, 0.3) is 0 Å². The molecule has 102 valence electrons. The summed E-state index contributed by atoms with van der Waals surface area (Å²) < 4.78 is 5.02. The number of nitrogens with one attached hydrogen (secondary N) is 2. The Kier molecular flexibility index (Phi) is 4.90. The molecule has 3 N–H and O–H groups in total. The van der Waals surface area contributed by atoms with Crippen molar-refractivity contribution in [2.75, 3.05) is 26.8 Å². The van der Waals surface area contributed by atoms with Gasteiger partial charge in [0.05, 0.1) is 13.2 Å². The minimum Gasteiger partial charge on any atom is -0.480 e. The molecule has 2 atom stereocenters. The Balaban J connectivity index is 2.63. The highest BCUT2D eigenvalue weighted by molar-refractivity contribution is 5.88. The monoisotopic (exact) mass is 259 g/mol. The Morgan fingerprint density at radius 3 is 2.67 bits per heavy atom. The molecule has 0 saturated carbocycles. The molecule has 2 unspecified atom stereocenters. The average Bonchev–Trinajstić information content (AvgIpc) is 2.37. The van der Waals surface area contributed by atoms with E-state index in [1.165, 1.54) is 14.0 Å². The maximum Gasteiger partial charge on any atom is 0.328 e. The molecule has 0 spiro atoms. The third-order valence-electron chi connectivity index (χ3n) is 2.65. The van der Waals surface area contributed by atoms with Gasteiger partial charge in [-0.25, -0.2) is 9.59 Å². The molecule has 1 rings (SSSR count). The van der Waals surface area contributed by atoms with Crippen molar-refractivity contribution in [2.24, 2.45) is 0 Å². The minimum atomic E-state index is -1.13. The normalized spacial score (nSPS) is 21.0. The summed E-state index contributed by atoms with van der Waals surface area (Å²) in [5, 5.41) is 13.8. The minimum absolute atomic E-state index is 0.0445. The van der Waals surface area contributed by atoms with Gasteiger partial charge in [0.2, 0.25) is 5.91 Å². The second kappa shape index (κ2) is 6.20. The molecule has 0 aromatic rings. The van der Waals surface area contributed by atoms with Crippen molar-refractivity contribution in [3.05, 3.63) is 0 Å². The molecule has 8 heteroatoms. The van der Waals surface area contributed by atoms with Crippen LogP contribution in [0.5, 0.6) is 0 Å². The fourth-order valence-corrected chi connectivity index (χ4v) is 1.60. The molecule has 1 saturated heterocycles. The Morgan fingerprint density at radius 2 is 2.11 bits per heavy atom. The van der Waals surface area contributed by atoms with Gasteiger partial charge in [0.1, 0.15) is 6.04 Å². The molecule has 3 amide bonds. The largest absolute Gasteiger partial charge is 0.480 e. The van der Waals surface area contributed by atoms with Crippen LogP contribution in [0.3, 0.4) is 0 Å². The Bertz CT molecular complexity index is 346. The number of likely N-dealkylation sites (N-methyl/N-ethyl adjacent to an activating group) is 1. The van der Waals surface area contributed by atoms with Crippen LogP contribution < -0.4 is 10.6 Å². The van der Waals surface area contributed by atoms with Crippen molar-refractivity contribution < 1.29 is 24.2 Å². The highest BCUT2D eigenvalue weighted by atomic mass is 16.5. The van der Waals surface area contributed by atoms with Gasteiger partial charge >= 0.3 is 12.0 Å².